The molecule has 0 amide bonds. The van der Waals surface area contributed by atoms with Crippen molar-refractivity contribution in [2.45, 2.75) is 403 Å². The van der Waals surface area contributed by atoms with Gasteiger partial charge in [0.15, 0.2) is 0 Å². The van der Waals surface area contributed by atoms with Crippen molar-refractivity contribution < 1.29 is 0 Å². The van der Waals surface area contributed by atoms with Crippen LogP contribution in [0.25, 0.3) is 0 Å². The number of hydrogen-bond donors (Lipinski definition) is 0. The third-order valence-electron chi connectivity index (χ3n) is 16.2. The smallest absolute Gasteiger partial charge is 0.0654 e. The van der Waals surface area contributed by atoms with E-state index in [9.17, 15) is 0 Å². The van der Waals surface area contributed by atoms with Crippen LogP contribution in [0.5, 0.6) is 0 Å². The molecule has 674 valence electrons. The minimum Gasteiger partial charge on any atom is -0.367 e. The molecular formula is C111H195N7. The average molecular weight is 1630 g/mol. The summed E-state index contributed by atoms with van der Waals surface area (Å²) in [5.74, 6) is 8.33. The number of benzene rings is 3. The topological polar surface area (TPSA) is 61.3 Å². The molecule has 0 saturated heterocycles. The summed E-state index contributed by atoms with van der Waals surface area (Å²) in [4.78, 5) is 24.7. The molecule has 0 atom stereocenters. The number of aryl methyl sites for hydroxylation is 8. The van der Waals surface area contributed by atoms with Crippen LogP contribution in [-0.4, -0.2) is 67.5 Å². The van der Waals surface area contributed by atoms with E-state index in [0.29, 0.717) is 18.1 Å². The van der Waals surface area contributed by atoms with Crippen LogP contribution in [0.2, 0.25) is 0 Å². The normalized spacial score (nSPS) is 13.7. The first-order valence-electron chi connectivity index (χ1n) is 47.7. The molecule has 7 aromatic rings. The molecule has 0 N–H and O–H groups in total. The molecule has 118 heavy (non-hydrogen) atoms. The van der Waals surface area contributed by atoms with Gasteiger partial charge in [0, 0.05) is 106 Å². The molecule has 0 bridgehead atoms. The number of nitrogens with zero attached hydrogens (tertiary/aromatic N) is 7. The second-order valence-corrected chi connectivity index (χ2v) is 39.7. The predicted octanol–water partition coefficient (Wildman–Crippen LogP) is 32.1. The molecule has 7 aliphatic rings. The van der Waals surface area contributed by atoms with Crippen molar-refractivity contribution in [1.82, 2.24) is 29.7 Å². The first kappa shape index (κ1) is 118. The van der Waals surface area contributed by atoms with E-state index in [1.54, 1.807) is 27.8 Å². The van der Waals surface area contributed by atoms with Gasteiger partial charge in [-0.1, -0.05) is 313 Å². The van der Waals surface area contributed by atoms with E-state index in [1.165, 1.54) is 154 Å². The molecule has 7 heteroatoms. The largest absolute Gasteiger partial charge is 0.367 e. The first-order valence-corrected chi connectivity index (χ1v) is 47.7. The molecule has 4 aromatic heterocycles. The van der Waals surface area contributed by atoms with Crippen molar-refractivity contribution in [3.8, 4) is 0 Å². The average Bonchev–Trinajstić information content (AvgIpc) is 1.57. The fourth-order valence-electron chi connectivity index (χ4n) is 11.6. The zero-order chi connectivity index (χ0) is 90.7. The minimum atomic E-state index is 0.593. The van der Waals surface area contributed by atoms with Crippen LogP contribution in [0, 0.1) is 59.2 Å². The Balaban J connectivity index is -0.000000598. The summed E-state index contributed by atoms with van der Waals surface area (Å²) >= 11 is 0. The van der Waals surface area contributed by atoms with E-state index in [1.807, 2.05) is 62.9 Å². The lowest BCUT2D eigenvalue weighted by molar-refractivity contribution is 0.202. The number of fused-ring (bicyclic) bond motifs is 7. The van der Waals surface area contributed by atoms with Crippen molar-refractivity contribution in [2.75, 3.05) is 24.5 Å². The molecule has 14 rings (SSSR count). The molecule has 0 saturated carbocycles. The first-order chi connectivity index (χ1) is 55.5. The number of pyridine rings is 4. The fraction of sp³-hybridized carbons (Fsp3) is 0.658. The third kappa shape index (κ3) is 70.6. The van der Waals surface area contributed by atoms with Gasteiger partial charge in [-0.2, -0.15) is 0 Å². The fourth-order valence-corrected chi connectivity index (χ4v) is 11.6. The molecule has 7 nitrogen and oxygen atoms in total. The van der Waals surface area contributed by atoms with Crippen LogP contribution in [0.1, 0.15) is 374 Å². The second-order valence-electron chi connectivity index (χ2n) is 39.7. The van der Waals surface area contributed by atoms with Crippen molar-refractivity contribution in [3.05, 3.63) is 219 Å². The van der Waals surface area contributed by atoms with Gasteiger partial charge in [-0.05, 0) is 277 Å². The predicted molar refractivity (Wildman–Crippen MR) is 535 cm³/mol. The summed E-state index contributed by atoms with van der Waals surface area (Å²) in [6.45, 7) is 88.2. The molecule has 0 fully saturated rings. The summed E-state index contributed by atoms with van der Waals surface area (Å²) < 4.78 is 0. The van der Waals surface area contributed by atoms with Crippen molar-refractivity contribution >= 4 is 5.69 Å². The lowest BCUT2D eigenvalue weighted by atomic mass is 9.92. The number of anilines is 1. The van der Waals surface area contributed by atoms with Crippen LogP contribution in [0.3, 0.4) is 0 Å². The third-order valence-corrected chi connectivity index (χ3v) is 16.2. The molecule has 0 unspecified atom stereocenters. The molecule has 3 aromatic carbocycles. The van der Waals surface area contributed by atoms with Gasteiger partial charge in [0.25, 0.3) is 0 Å². The highest BCUT2D eigenvalue weighted by atomic mass is 15.2. The summed E-state index contributed by atoms with van der Waals surface area (Å²) in [6, 6.07) is 45.1. The quantitative estimate of drug-likeness (QED) is 0.175. The summed E-state index contributed by atoms with van der Waals surface area (Å²) in [6.07, 6.45) is 29.1. The Labute approximate surface area is 737 Å². The molecule has 3 aliphatic heterocycles. The monoisotopic (exact) mass is 1630 g/mol. The van der Waals surface area contributed by atoms with Crippen molar-refractivity contribution in [2.24, 2.45) is 59.2 Å². The van der Waals surface area contributed by atoms with Crippen molar-refractivity contribution in [3.63, 3.8) is 0 Å². The summed E-state index contributed by atoms with van der Waals surface area (Å²) in [7, 11) is 0. The highest BCUT2D eigenvalue weighted by Crippen LogP contribution is 2.28. The number of aromatic nitrogens is 4. The SMILES string of the molecule is CC.CC(C)C.CC(C)C.CC(C)C.CC(C)C.CC(C)C.CC(C)C.CC(C)C.CC(C)C.CC(C)C.CC(C)C.CC(C)N1CCc2ccccc2C1.CC(C)N1CCc2ncccc21.CC(C)N1CCc2ncccc2C1.c1ccc2c(c1)CCC2.c1ccc2c(c1)CCCC2.c1cnc2c(c1)CCC2.c1cnc2c(c1)CCCC2. The van der Waals surface area contributed by atoms with E-state index in [4.69, 9.17) is 0 Å². The maximum Gasteiger partial charge on any atom is 0.0654 e. The second kappa shape index (κ2) is 74.8. The Morgan fingerprint density at radius 3 is 0.754 bits per heavy atom. The summed E-state index contributed by atoms with van der Waals surface area (Å²) in [5.41, 5.74) is 20.2. The maximum absolute atomic E-state index is 4.39. The molecule has 0 spiro atoms. The molecule has 7 heterocycles. The van der Waals surface area contributed by atoms with Gasteiger partial charge in [-0.3, -0.25) is 29.7 Å². The minimum absolute atomic E-state index is 0.593. The lowest BCUT2D eigenvalue weighted by Crippen LogP contribution is -2.36. The van der Waals surface area contributed by atoms with Crippen LogP contribution in [0.15, 0.2) is 146 Å². The highest BCUT2D eigenvalue weighted by Gasteiger charge is 2.22. The Hall–Kier alpha value is -6.02. The van der Waals surface area contributed by atoms with Gasteiger partial charge in [0.2, 0.25) is 0 Å². The van der Waals surface area contributed by atoms with Gasteiger partial charge in [0.1, 0.15) is 0 Å². The van der Waals surface area contributed by atoms with E-state index >= 15 is 0 Å². The Morgan fingerprint density at radius 2 is 0.424 bits per heavy atom. The van der Waals surface area contributed by atoms with E-state index < -0.39 is 0 Å². The number of rotatable bonds is 3. The highest BCUT2D eigenvalue weighted by molar-refractivity contribution is 5.55. The lowest BCUT2D eigenvalue weighted by Gasteiger charge is -2.31. The number of hydrogen-bond acceptors (Lipinski definition) is 7. The van der Waals surface area contributed by atoms with Crippen LogP contribution < -0.4 is 4.90 Å². The summed E-state index contributed by atoms with van der Waals surface area (Å²) in [5, 5.41) is 0. The van der Waals surface area contributed by atoms with Crippen LogP contribution >= 0.6 is 0 Å². The Bertz CT molecular complexity index is 2980. The Kier molecular flexibility index (Phi) is 75.0. The molecule has 0 radical (unpaired) electrons. The van der Waals surface area contributed by atoms with Gasteiger partial charge in [-0.25, -0.2) is 0 Å². The van der Waals surface area contributed by atoms with Gasteiger partial charge in [0.05, 0.1) is 11.4 Å². The zero-order valence-corrected chi connectivity index (χ0v) is 85.0. The van der Waals surface area contributed by atoms with Crippen LogP contribution in [0.4, 0.5) is 5.69 Å². The maximum atomic E-state index is 4.39. The van der Waals surface area contributed by atoms with Gasteiger partial charge >= 0.3 is 0 Å². The van der Waals surface area contributed by atoms with E-state index in [-0.39, 0.29) is 0 Å². The van der Waals surface area contributed by atoms with Crippen molar-refractivity contribution in [1.29, 1.82) is 0 Å². The van der Waals surface area contributed by atoms with E-state index in [0.717, 1.165) is 98.2 Å². The van der Waals surface area contributed by atoms with E-state index in [2.05, 4.69) is 381 Å². The Morgan fingerprint density at radius 1 is 0.203 bits per heavy atom. The molecular weight excluding hydrogens is 1430 g/mol. The standard InChI is InChI=1S/C12H17N.C11H16N2.C10H14N2.C10H12.C9H11N.C9H10.C8H9N.10C4H10.C2H6/c1-10(2)13-8-7-11-5-3-4-6-12(11)9-13;1-9(2)13-7-5-11-10(8-13)4-3-6-12-11;1-8(2)12-7-5-9-10(12)4-3-6-11-9;1-2-6-10-8-4-3-7-9(10)5-1;1-2-6-9-8(4-1)5-3-7-10-9;1-2-5-9-7-3-6-8(9)4-1;1-3-7-4-2-6-9-8(7)5-1;10*1-4(2)3;1-2/h3-6,10H,7-9H2,1-2H3;3-4,6,9H,5,7-8H2,1-2H3;3-4,6,8H,5,7H2,1-2H3;1-2,5-6H,3-4,7-8H2;3,5,7H,1-2,4,6H2;1-2,4-5H,3,6-7H2;2,4,6H,1,3,5H2;10*4H,1-3H3;1-2H3. The van der Waals surface area contributed by atoms with Gasteiger partial charge in [-0.15, -0.1) is 0 Å². The van der Waals surface area contributed by atoms with Gasteiger partial charge < -0.3 is 4.90 Å². The molecule has 4 aliphatic carbocycles. The zero-order valence-electron chi connectivity index (χ0n) is 85.0. The van der Waals surface area contributed by atoms with Crippen LogP contribution in [-0.2, 0) is 83.7 Å².